The van der Waals surface area contributed by atoms with Crippen LogP contribution in [0.1, 0.15) is 16.6 Å². The van der Waals surface area contributed by atoms with E-state index in [0.717, 1.165) is 15.8 Å². The molecule has 3 N–H and O–H groups in total. The van der Waals surface area contributed by atoms with Crippen LogP contribution < -0.4 is 20.7 Å². The van der Waals surface area contributed by atoms with Crippen LogP contribution in [-0.2, 0) is 4.79 Å². The molecule has 1 aromatic heterocycles. The summed E-state index contributed by atoms with van der Waals surface area (Å²) >= 11 is 1.47. The molecule has 3 aromatic rings. The summed E-state index contributed by atoms with van der Waals surface area (Å²) in [4.78, 5) is 27.2. The van der Waals surface area contributed by atoms with Gasteiger partial charge >= 0.3 is 0 Å². The zero-order valence-corrected chi connectivity index (χ0v) is 19.1. The first-order chi connectivity index (χ1) is 15.4. The van der Waals surface area contributed by atoms with Crippen molar-refractivity contribution in [3.05, 3.63) is 59.5 Å². The lowest BCUT2D eigenvalue weighted by molar-refractivity contribution is -0.111. The smallest absolute Gasteiger partial charge is 0.263 e. The van der Waals surface area contributed by atoms with E-state index in [1.54, 1.807) is 6.07 Å². The maximum atomic E-state index is 12.5. The van der Waals surface area contributed by atoms with Gasteiger partial charge in [-0.2, -0.15) is 0 Å². The lowest BCUT2D eigenvalue weighted by Crippen LogP contribution is -2.34. The normalized spacial score (nSPS) is 15.9. The van der Waals surface area contributed by atoms with Crippen LogP contribution in [0.25, 0.3) is 10.1 Å². The van der Waals surface area contributed by atoms with E-state index < -0.39 is 0 Å². The average Bonchev–Trinajstić information content (AvgIpc) is 3.03. The van der Waals surface area contributed by atoms with Crippen molar-refractivity contribution in [2.24, 2.45) is 0 Å². The third-order valence-electron chi connectivity index (χ3n) is 4.91. The molecule has 1 aliphatic heterocycles. The average molecular weight is 451 g/mol. The number of ether oxygens (including phenoxy) is 1. The van der Waals surface area contributed by atoms with Crippen LogP contribution in [0.3, 0.4) is 0 Å². The first-order valence-corrected chi connectivity index (χ1v) is 11.2. The van der Waals surface area contributed by atoms with Gasteiger partial charge in [-0.05, 0) is 51.4 Å². The number of anilines is 2. The van der Waals surface area contributed by atoms with Crippen molar-refractivity contribution < 1.29 is 14.3 Å². The Labute approximate surface area is 191 Å². The van der Waals surface area contributed by atoms with Gasteiger partial charge < -0.3 is 25.6 Å². The Bertz CT molecular complexity index is 1190. The number of likely N-dealkylation sites (N-methyl/N-ethyl adjacent to an activating group) is 1. The van der Waals surface area contributed by atoms with Gasteiger partial charge in [-0.25, -0.2) is 0 Å². The highest BCUT2D eigenvalue weighted by Gasteiger charge is 2.23. The van der Waals surface area contributed by atoms with Crippen molar-refractivity contribution >= 4 is 44.6 Å². The second kappa shape index (κ2) is 9.42. The predicted molar refractivity (Wildman–Crippen MR) is 130 cm³/mol. The van der Waals surface area contributed by atoms with Crippen molar-refractivity contribution in [3.8, 4) is 11.5 Å². The zero-order valence-electron chi connectivity index (χ0n) is 18.3. The largest absolute Gasteiger partial charge is 0.457 e. The van der Waals surface area contributed by atoms with Crippen molar-refractivity contribution in [1.82, 2.24) is 10.2 Å². The fraction of sp³-hybridized carbons (Fsp3) is 0.250. The van der Waals surface area contributed by atoms with Gasteiger partial charge in [0, 0.05) is 47.0 Å². The Hall–Kier alpha value is -3.36. The highest BCUT2D eigenvalue weighted by atomic mass is 32.1. The Kier molecular flexibility index (Phi) is 6.43. The van der Waals surface area contributed by atoms with Crippen LogP contribution in [-0.4, -0.2) is 49.9 Å². The van der Waals surface area contributed by atoms with Gasteiger partial charge in [0.1, 0.15) is 16.4 Å². The minimum Gasteiger partial charge on any atom is -0.457 e. The first kappa shape index (κ1) is 21.9. The summed E-state index contributed by atoms with van der Waals surface area (Å²) in [5, 5.41) is 10.2. The van der Waals surface area contributed by atoms with E-state index in [4.69, 9.17) is 4.74 Å². The first-order valence-electron chi connectivity index (χ1n) is 10.4. The molecule has 0 fully saturated rings. The Balaban J connectivity index is 1.51. The molecule has 4 rings (SSSR count). The summed E-state index contributed by atoms with van der Waals surface area (Å²) < 4.78 is 7.08. The third kappa shape index (κ3) is 5.09. The molecule has 0 aliphatic carbocycles. The monoisotopic (exact) mass is 450 g/mol. The lowest BCUT2D eigenvalue weighted by Gasteiger charge is -2.10. The van der Waals surface area contributed by atoms with E-state index in [-0.39, 0.29) is 17.9 Å². The van der Waals surface area contributed by atoms with E-state index in [9.17, 15) is 9.59 Å². The molecule has 8 heteroatoms. The number of amides is 2. The molecule has 2 amide bonds. The number of rotatable bonds is 6. The molecule has 1 aliphatic rings. The van der Waals surface area contributed by atoms with Gasteiger partial charge in [0.05, 0.1) is 5.69 Å². The number of nitrogens with one attached hydrogen (secondary N) is 3. The fourth-order valence-corrected chi connectivity index (χ4v) is 4.46. The van der Waals surface area contributed by atoms with Crippen LogP contribution >= 0.6 is 11.3 Å². The highest BCUT2D eigenvalue weighted by Crippen LogP contribution is 2.39. The summed E-state index contributed by atoms with van der Waals surface area (Å²) in [6.07, 6.45) is 3.33. The molecule has 0 spiro atoms. The topological polar surface area (TPSA) is 82.7 Å². The predicted octanol–water partition coefficient (Wildman–Crippen LogP) is 4.29. The molecular weight excluding hydrogens is 424 g/mol. The minimum absolute atomic E-state index is 0.0516. The molecule has 166 valence electrons. The summed E-state index contributed by atoms with van der Waals surface area (Å²) in [7, 11) is 3.89. The maximum Gasteiger partial charge on any atom is 0.263 e. The molecule has 0 saturated carbocycles. The van der Waals surface area contributed by atoms with Gasteiger partial charge in [-0.1, -0.05) is 12.1 Å². The summed E-state index contributed by atoms with van der Waals surface area (Å²) in [5.41, 5.74) is 1.50. The fourth-order valence-electron chi connectivity index (χ4n) is 3.40. The minimum atomic E-state index is -0.190. The summed E-state index contributed by atoms with van der Waals surface area (Å²) in [6.45, 7) is 3.34. The van der Waals surface area contributed by atoms with Gasteiger partial charge in [-0.15, -0.1) is 11.3 Å². The highest BCUT2D eigenvalue weighted by molar-refractivity contribution is 7.21. The Morgan fingerprint density at radius 1 is 1.25 bits per heavy atom. The molecule has 0 bridgehead atoms. The van der Waals surface area contributed by atoms with E-state index in [1.807, 2.05) is 68.4 Å². The Morgan fingerprint density at radius 3 is 2.88 bits per heavy atom. The van der Waals surface area contributed by atoms with Crippen molar-refractivity contribution in [3.63, 3.8) is 0 Å². The van der Waals surface area contributed by atoms with E-state index in [1.165, 1.54) is 17.4 Å². The number of carbonyl (C=O) groups is 2. The summed E-state index contributed by atoms with van der Waals surface area (Å²) in [5.74, 6) is 1.03. The van der Waals surface area contributed by atoms with Crippen molar-refractivity contribution in [2.45, 2.75) is 13.0 Å². The van der Waals surface area contributed by atoms with Crippen LogP contribution in [0.15, 0.2) is 54.6 Å². The van der Waals surface area contributed by atoms with E-state index >= 15 is 0 Å². The van der Waals surface area contributed by atoms with Gasteiger partial charge in [0.25, 0.3) is 5.91 Å². The van der Waals surface area contributed by atoms with Crippen LogP contribution in [0.5, 0.6) is 11.5 Å². The molecule has 1 atom stereocenters. The van der Waals surface area contributed by atoms with Crippen molar-refractivity contribution in [2.75, 3.05) is 37.8 Å². The molecular formula is C24H26N4O3S. The van der Waals surface area contributed by atoms with Gasteiger partial charge in [0.15, 0.2) is 0 Å². The zero-order chi connectivity index (χ0) is 22.7. The molecule has 0 saturated heterocycles. The van der Waals surface area contributed by atoms with Crippen LogP contribution in [0.2, 0.25) is 0 Å². The molecule has 32 heavy (non-hydrogen) atoms. The number of nitrogens with zero attached hydrogens (tertiary/aromatic N) is 1. The lowest BCUT2D eigenvalue weighted by atomic mass is 10.2. The van der Waals surface area contributed by atoms with E-state index in [0.29, 0.717) is 35.2 Å². The number of fused-ring (bicyclic) bond motifs is 3. The Morgan fingerprint density at radius 2 is 2.06 bits per heavy atom. The van der Waals surface area contributed by atoms with Gasteiger partial charge in [0.2, 0.25) is 5.91 Å². The summed E-state index contributed by atoms with van der Waals surface area (Å²) in [6, 6.07) is 13.1. The van der Waals surface area contributed by atoms with Crippen LogP contribution in [0.4, 0.5) is 11.4 Å². The number of hydrogen-bond donors (Lipinski definition) is 3. The quantitative estimate of drug-likeness (QED) is 0.488. The second-order valence-corrected chi connectivity index (χ2v) is 9.06. The maximum absolute atomic E-state index is 12.5. The molecule has 0 radical (unpaired) electrons. The van der Waals surface area contributed by atoms with E-state index in [2.05, 4.69) is 16.0 Å². The number of benzene rings is 2. The second-order valence-electron chi connectivity index (χ2n) is 8.00. The molecule has 2 heterocycles. The SMILES string of the molecule is CC1CNc2c(sc3ccc(Oc4cccc(NC(=O)C=CCN(C)C)c4)cc23)C(=O)N1. The number of carbonyl (C=O) groups excluding carboxylic acids is 2. The van der Waals surface area contributed by atoms with Crippen LogP contribution in [0, 0.1) is 0 Å². The standard InChI is InChI=1S/C24H26N4O3S/c1-15-14-25-22-19-13-18(9-10-20(19)32-23(22)24(30)26-15)31-17-7-4-6-16(12-17)27-21(29)8-5-11-28(2)3/h4-10,12-13,15,25H,11,14H2,1-3H3,(H,26,30)(H,27,29). The molecule has 1 unspecified atom stereocenters. The van der Waals surface area contributed by atoms with Gasteiger partial charge in [-0.3, -0.25) is 9.59 Å². The number of hydrogen-bond acceptors (Lipinski definition) is 6. The number of thiophene rings is 1. The van der Waals surface area contributed by atoms with Crippen molar-refractivity contribution in [1.29, 1.82) is 0 Å². The molecule has 2 aromatic carbocycles. The third-order valence-corrected chi connectivity index (χ3v) is 6.07. The molecule has 7 nitrogen and oxygen atoms in total.